The van der Waals surface area contributed by atoms with Gasteiger partial charge in [-0.25, -0.2) is 0 Å². The first kappa shape index (κ1) is 19.8. The van der Waals surface area contributed by atoms with Crippen LogP contribution in [0.2, 0.25) is 5.02 Å². The summed E-state index contributed by atoms with van der Waals surface area (Å²) in [5.74, 6) is 2.76. The first-order valence-electron chi connectivity index (χ1n) is 9.53. The van der Waals surface area contributed by atoms with Crippen LogP contribution in [0.15, 0.2) is 39.7 Å². The van der Waals surface area contributed by atoms with E-state index in [4.69, 9.17) is 16.0 Å². The van der Waals surface area contributed by atoms with Crippen molar-refractivity contribution in [2.24, 2.45) is 4.99 Å². The molecule has 2 N–H and O–H groups in total. The Morgan fingerprint density at radius 1 is 1.22 bits per heavy atom. The van der Waals surface area contributed by atoms with Crippen LogP contribution < -0.4 is 10.6 Å². The molecule has 1 aromatic carbocycles. The van der Waals surface area contributed by atoms with Crippen LogP contribution in [0.1, 0.15) is 35.5 Å². The molecule has 1 fully saturated rings. The summed E-state index contributed by atoms with van der Waals surface area (Å²) in [5, 5.41) is 7.75. The second-order valence-electron chi connectivity index (χ2n) is 7.19. The van der Waals surface area contributed by atoms with Crippen LogP contribution in [0.5, 0.6) is 0 Å². The molecule has 146 valence electrons. The summed E-state index contributed by atoms with van der Waals surface area (Å²) in [6.07, 6.45) is 2.22. The lowest BCUT2D eigenvalue weighted by atomic mass is 10.0. The molecule has 0 bridgehead atoms. The third-order valence-electron chi connectivity index (χ3n) is 5.06. The fourth-order valence-electron chi connectivity index (χ4n) is 3.51. The van der Waals surface area contributed by atoms with Crippen LogP contribution in [0.3, 0.4) is 0 Å². The monoisotopic (exact) mass is 388 g/mol. The smallest absolute Gasteiger partial charge is 0.191 e. The molecule has 1 aromatic heterocycles. The van der Waals surface area contributed by atoms with Crippen molar-refractivity contribution in [3.8, 4) is 0 Å². The number of halogens is 1. The lowest BCUT2D eigenvalue weighted by Gasteiger charge is -2.33. The molecule has 0 radical (unpaired) electrons. The van der Waals surface area contributed by atoms with Crippen molar-refractivity contribution < 1.29 is 4.42 Å². The number of nitrogens with one attached hydrogen (secondary N) is 2. The van der Waals surface area contributed by atoms with E-state index in [1.54, 1.807) is 0 Å². The van der Waals surface area contributed by atoms with E-state index in [0.29, 0.717) is 6.04 Å². The van der Waals surface area contributed by atoms with Gasteiger partial charge < -0.3 is 15.1 Å². The fraction of sp³-hybridized carbons (Fsp3) is 0.476. The van der Waals surface area contributed by atoms with E-state index in [2.05, 4.69) is 38.7 Å². The zero-order chi connectivity index (χ0) is 19.2. The lowest BCUT2D eigenvalue weighted by Crippen LogP contribution is -2.48. The summed E-state index contributed by atoms with van der Waals surface area (Å²) < 4.78 is 5.58. The molecule has 0 saturated carbocycles. The Labute approximate surface area is 166 Å². The number of nitrogens with zero attached hydrogens (tertiary/aromatic N) is 2. The summed E-state index contributed by atoms with van der Waals surface area (Å²) in [4.78, 5) is 6.86. The number of likely N-dealkylation sites (tertiary alicyclic amines) is 1. The maximum Gasteiger partial charge on any atom is 0.191 e. The molecule has 1 aliphatic rings. The van der Waals surface area contributed by atoms with Gasteiger partial charge in [0, 0.05) is 49.9 Å². The van der Waals surface area contributed by atoms with Gasteiger partial charge in [0.25, 0.3) is 0 Å². The Morgan fingerprint density at radius 2 is 1.93 bits per heavy atom. The van der Waals surface area contributed by atoms with Gasteiger partial charge in [0.15, 0.2) is 5.96 Å². The van der Waals surface area contributed by atoms with Gasteiger partial charge in [-0.2, -0.15) is 0 Å². The van der Waals surface area contributed by atoms with Gasteiger partial charge in [0.1, 0.15) is 11.5 Å². The molecule has 0 spiro atoms. The van der Waals surface area contributed by atoms with Gasteiger partial charge in [-0.05, 0) is 50.5 Å². The Hall–Kier alpha value is -1.98. The molecule has 0 atom stereocenters. The summed E-state index contributed by atoms with van der Waals surface area (Å²) in [6, 6.07) is 10.7. The number of benzene rings is 1. The average Bonchev–Trinajstić information content (AvgIpc) is 2.99. The van der Waals surface area contributed by atoms with Gasteiger partial charge >= 0.3 is 0 Å². The predicted octanol–water partition coefficient (Wildman–Crippen LogP) is 3.88. The summed E-state index contributed by atoms with van der Waals surface area (Å²) >= 11 is 5.97. The van der Waals surface area contributed by atoms with Crippen molar-refractivity contribution >= 4 is 17.6 Å². The van der Waals surface area contributed by atoms with Gasteiger partial charge in [0.05, 0.1) is 0 Å². The molecular formula is C21H29ClN4O. The van der Waals surface area contributed by atoms with Crippen LogP contribution in [0.25, 0.3) is 0 Å². The van der Waals surface area contributed by atoms with Crippen LogP contribution >= 0.6 is 11.6 Å². The van der Waals surface area contributed by atoms with E-state index in [1.165, 1.54) is 11.1 Å². The topological polar surface area (TPSA) is 52.8 Å². The molecule has 3 rings (SSSR count). The number of hydrogen-bond acceptors (Lipinski definition) is 3. The Balaban J connectivity index is 1.43. The minimum atomic E-state index is 0.449. The second-order valence-corrected chi connectivity index (χ2v) is 7.62. The third kappa shape index (κ3) is 5.75. The molecule has 27 heavy (non-hydrogen) atoms. The Bertz CT molecular complexity index is 761. The number of piperidine rings is 1. The third-order valence-corrected chi connectivity index (χ3v) is 5.31. The Morgan fingerprint density at radius 3 is 2.52 bits per heavy atom. The maximum absolute atomic E-state index is 5.97. The number of aliphatic imine (C=N–C) groups is 1. The molecule has 1 saturated heterocycles. The van der Waals surface area contributed by atoms with Crippen molar-refractivity contribution in [2.75, 3.05) is 20.1 Å². The summed E-state index contributed by atoms with van der Waals surface area (Å²) in [5.41, 5.74) is 2.49. The molecule has 0 aliphatic carbocycles. The SMILES string of the molecule is CN=C(NCc1cc(C)oc1C)NC1CCN(Cc2ccc(Cl)cc2)CC1. The highest BCUT2D eigenvalue weighted by Crippen LogP contribution is 2.16. The van der Waals surface area contributed by atoms with E-state index in [9.17, 15) is 0 Å². The van der Waals surface area contributed by atoms with Gasteiger partial charge in [-0.3, -0.25) is 9.89 Å². The predicted molar refractivity (Wildman–Crippen MR) is 111 cm³/mol. The molecular weight excluding hydrogens is 360 g/mol. The van der Waals surface area contributed by atoms with Crippen molar-refractivity contribution in [1.29, 1.82) is 0 Å². The zero-order valence-electron chi connectivity index (χ0n) is 16.4. The number of guanidine groups is 1. The standard InChI is InChI=1S/C21H29ClN4O/c1-15-12-18(16(2)27-15)13-24-21(23-3)25-20-8-10-26(11-9-20)14-17-4-6-19(22)7-5-17/h4-7,12,20H,8-11,13-14H2,1-3H3,(H2,23,24,25). The van der Waals surface area contributed by atoms with E-state index >= 15 is 0 Å². The molecule has 0 amide bonds. The number of rotatable bonds is 5. The molecule has 5 nitrogen and oxygen atoms in total. The van der Waals surface area contributed by atoms with E-state index in [0.717, 1.165) is 61.5 Å². The minimum absolute atomic E-state index is 0.449. The van der Waals surface area contributed by atoms with E-state index in [1.807, 2.05) is 33.0 Å². The largest absolute Gasteiger partial charge is 0.466 e. The Kier molecular flexibility index (Phi) is 6.80. The highest BCUT2D eigenvalue weighted by atomic mass is 35.5. The molecule has 0 unspecified atom stereocenters. The first-order chi connectivity index (χ1) is 13.0. The van der Waals surface area contributed by atoms with Crippen LogP contribution in [-0.4, -0.2) is 37.0 Å². The minimum Gasteiger partial charge on any atom is -0.466 e. The second kappa shape index (κ2) is 9.29. The molecule has 6 heteroatoms. The van der Waals surface area contributed by atoms with Gasteiger partial charge in [-0.1, -0.05) is 23.7 Å². The maximum atomic E-state index is 5.97. The van der Waals surface area contributed by atoms with Crippen LogP contribution in [0, 0.1) is 13.8 Å². The molecule has 2 aromatic rings. The normalized spacial score (nSPS) is 16.5. The molecule has 2 heterocycles. The number of aryl methyl sites for hydroxylation is 2. The average molecular weight is 389 g/mol. The van der Waals surface area contributed by atoms with Crippen molar-refractivity contribution in [3.05, 3.63) is 58.0 Å². The molecule has 1 aliphatic heterocycles. The van der Waals surface area contributed by atoms with Crippen molar-refractivity contribution in [3.63, 3.8) is 0 Å². The van der Waals surface area contributed by atoms with Crippen LogP contribution in [-0.2, 0) is 13.1 Å². The van der Waals surface area contributed by atoms with E-state index < -0.39 is 0 Å². The van der Waals surface area contributed by atoms with Crippen LogP contribution in [0.4, 0.5) is 0 Å². The van der Waals surface area contributed by atoms with Gasteiger partial charge in [0.2, 0.25) is 0 Å². The summed E-state index contributed by atoms with van der Waals surface area (Å²) in [7, 11) is 1.82. The summed E-state index contributed by atoms with van der Waals surface area (Å²) in [6.45, 7) is 7.83. The number of furan rings is 1. The van der Waals surface area contributed by atoms with Crippen molar-refractivity contribution in [2.45, 2.75) is 45.8 Å². The van der Waals surface area contributed by atoms with Gasteiger partial charge in [-0.15, -0.1) is 0 Å². The number of hydrogen-bond donors (Lipinski definition) is 2. The van der Waals surface area contributed by atoms with Crippen molar-refractivity contribution in [1.82, 2.24) is 15.5 Å². The van der Waals surface area contributed by atoms with E-state index in [-0.39, 0.29) is 0 Å². The quantitative estimate of drug-likeness (QED) is 0.603. The zero-order valence-corrected chi connectivity index (χ0v) is 17.1. The first-order valence-corrected chi connectivity index (χ1v) is 9.91. The highest BCUT2D eigenvalue weighted by molar-refractivity contribution is 6.30. The lowest BCUT2D eigenvalue weighted by molar-refractivity contribution is 0.198. The fourth-order valence-corrected chi connectivity index (χ4v) is 3.64. The highest BCUT2D eigenvalue weighted by Gasteiger charge is 2.20.